The molecule has 0 fully saturated rings. The molecule has 0 radical (unpaired) electrons. The molecule has 10 heteroatoms. The lowest BCUT2D eigenvalue weighted by atomic mass is 10.1. The minimum Gasteiger partial charge on any atom is -0.326 e. The summed E-state index contributed by atoms with van der Waals surface area (Å²) in [4.78, 5) is 29.0. The molecule has 2 heterocycles. The van der Waals surface area contributed by atoms with E-state index < -0.39 is 17.6 Å². The molecule has 29 heavy (non-hydrogen) atoms. The number of fused-ring (bicyclic) bond motifs is 1. The molecule has 0 saturated carbocycles. The fourth-order valence-corrected chi connectivity index (χ4v) is 2.82. The molecule has 0 saturated heterocycles. The third-order valence-corrected chi connectivity index (χ3v) is 4.24. The molecule has 7 nitrogen and oxygen atoms in total. The summed E-state index contributed by atoms with van der Waals surface area (Å²) < 4.78 is 41.2. The zero-order valence-electron chi connectivity index (χ0n) is 16.1. The number of aromatic nitrogens is 4. The van der Waals surface area contributed by atoms with Gasteiger partial charge in [0.2, 0.25) is 5.91 Å². The lowest BCUT2D eigenvalue weighted by Gasteiger charge is -2.19. The van der Waals surface area contributed by atoms with E-state index in [0.29, 0.717) is 11.0 Å². The second-order valence-corrected chi connectivity index (χ2v) is 7.58. The molecule has 0 bridgehead atoms. The molecule has 3 rings (SSSR count). The van der Waals surface area contributed by atoms with Crippen LogP contribution in [-0.4, -0.2) is 25.2 Å². The number of hydrogen-bond acceptors (Lipinski definition) is 4. The Hall–Kier alpha value is -3.17. The van der Waals surface area contributed by atoms with Gasteiger partial charge >= 0.3 is 6.18 Å². The van der Waals surface area contributed by atoms with E-state index in [-0.39, 0.29) is 29.8 Å². The maximum Gasteiger partial charge on any atom is 0.416 e. The number of nitrogens with one attached hydrogen (secondary N) is 1. The Kier molecular flexibility index (Phi) is 5.20. The van der Waals surface area contributed by atoms with Crippen LogP contribution in [0.15, 0.2) is 41.6 Å². The second kappa shape index (κ2) is 7.34. The monoisotopic (exact) mass is 407 g/mol. The summed E-state index contributed by atoms with van der Waals surface area (Å²) >= 11 is 0. The summed E-state index contributed by atoms with van der Waals surface area (Å²) in [6.45, 7) is 5.84. The number of aryl methyl sites for hydroxylation is 1. The molecule has 0 unspecified atom stereocenters. The molecule has 0 atom stereocenters. The zero-order chi connectivity index (χ0) is 21.4. The van der Waals surface area contributed by atoms with Crippen LogP contribution >= 0.6 is 0 Å². The number of halogens is 3. The molecule has 0 aliphatic heterocycles. The van der Waals surface area contributed by atoms with Gasteiger partial charge in [0, 0.05) is 18.7 Å². The molecular weight excluding hydrogens is 387 g/mol. The van der Waals surface area contributed by atoms with Crippen LogP contribution in [0.5, 0.6) is 0 Å². The fourth-order valence-electron chi connectivity index (χ4n) is 2.82. The van der Waals surface area contributed by atoms with E-state index in [4.69, 9.17) is 0 Å². The number of anilines is 1. The van der Waals surface area contributed by atoms with Crippen molar-refractivity contribution in [3.63, 3.8) is 0 Å². The van der Waals surface area contributed by atoms with Crippen LogP contribution in [0.25, 0.3) is 11.0 Å². The van der Waals surface area contributed by atoms with Crippen molar-refractivity contribution in [2.75, 3.05) is 5.32 Å². The van der Waals surface area contributed by atoms with Crippen molar-refractivity contribution in [3.05, 3.63) is 52.7 Å². The summed E-state index contributed by atoms with van der Waals surface area (Å²) in [7, 11) is 0. The summed E-state index contributed by atoms with van der Waals surface area (Å²) in [6.07, 6.45) is -1.81. The van der Waals surface area contributed by atoms with E-state index in [2.05, 4.69) is 15.4 Å². The Morgan fingerprint density at radius 1 is 1.21 bits per heavy atom. The van der Waals surface area contributed by atoms with Crippen molar-refractivity contribution >= 4 is 22.6 Å². The summed E-state index contributed by atoms with van der Waals surface area (Å²) in [5, 5.41) is 6.97. The molecule has 154 valence electrons. The van der Waals surface area contributed by atoms with Gasteiger partial charge in [-0.05, 0) is 39.0 Å². The van der Waals surface area contributed by atoms with Gasteiger partial charge in [0.15, 0.2) is 5.65 Å². The van der Waals surface area contributed by atoms with E-state index in [0.717, 1.165) is 12.1 Å². The Bertz CT molecular complexity index is 1110. The summed E-state index contributed by atoms with van der Waals surface area (Å²) in [6, 6.07) is 4.37. The predicted molar refractivity (Wildman–Crippen MR) is 101 cm³/mol. The van der Waals surface area contributed by atoms with Crippen LogP contribution in [-0.2, 0) is 23.1 Å². The average Bonchev–Trinajstić information content (AvgIpc) is 3.06. The number of alkyl halides is 3. The van der Waals surface area contributed by atoms with Gasteiger partial charge in [-0.1, -0.05) is 6.07 Å². The number of rotatable bonds is 4. The highest BCUT2D eigenvalue weighted by atomic mass is 19.4. The van der Waals surface area contributed by atoms with E-state index >= 15 is 0 Å². The Balaban J connectivity index is 1.72. The first-order valence-electron chi connectivity index (χ1n) is 8.87. The number of carbonyl (C=O) groups is 1. The van der Waals surface area contributed by atoms with Crippen LogP contribution in [0.1, 0.15) is 32.8 Å². The maximum absolute atomic E-state index is 12.8. The molecule has 1 amide bonds. The second-order valence-electron chi connectivity index (χ2n) is 7.58. The van der Waals surface area contributed by atoms with E-state index in [1.54, 1.807) is 4.68 Å². The first-order valence-corrected chi connectivity index (χ1v) is 8.87. The van der Waals surface area contributed by atoms with Crippen LogP contribution in [0.3, 0.4) is 0 Å². The highest BCUT2D eigenvalue weighted by Gasteiger charge is 2.30. The van der Waals surface area contributed by atoms with Gasteiger partial charge in [0.05, 0.1) is 23.6 Å². The standard InChI is InChI=1S/C19H20F3N5O2/c1-18(2,3)27-16-14(10-24-27)17(29)26(11-23-16)8-7-15(28)25-13-6-4-5-12(9-13)19(20,21)22/h4-6,9-11H,7-8H2,1-3H3,(H,25,28). The molecular formula is C19H20F3N5O2. The average molecular weight is 407 g/mol. The van der Waals surface area contributed by atoms with Gasteiger partial charge in [-0.2, -0.15) is 18.3 Å². The van der Waals surface area contributed by atoms with E-state index in [1.807, 2.05) is 20.8 Å². The predicted octanol–water partition coefficient (Wildman–Crippen LogP) is 3.40. The first-order chi connectivity index (χ1) is 13.5. The van der Waals surface area contributed by atoms with E-state index in [1.165, 1.54) is 29.2 Å². The highest BCUT2D eigenvalue weighted by molar-refractivity contribution is 5.90. The van der Waals surface area contributed by atoms with Gasteiger partial charge < -0.3 is 5.32 Å². The summed E-state index contributed by atoms with van der Waals surface area (Å²) in [5.74, 6) is -0.512. The summed E-state index contributed by atoms with van der Waals surface area (Å²) in [5.41, 5.74) is -1.04. The first kappa shape index (κ1) is 20.6. The quantitative estimate of drug-likeness (QED) is 0.719. The largest absolute Gasteiger partial charge is 0.416 e. The number of benzene rings is 1. The van der Waals surface area contributed by atoms with Gasteiger partial charge in [0.25, 0.3) is 5.56 Å². The number of amides is 1. The minimum absolute atomic E-state index is 0.0350. The Labute approximate surface area is 164 Å². The van der Waals surface area contributed by atoms with Crippen molar-refractivity contribution in [2.24, 2.45) is 0 Å². The third kappa shape index (κ3) is 4.47. The number of carbonyl (C=O) groups excluding carboxylic acids is 1. The van der Waals surface area contributed by atoms with Crippen molar-refractivity contribution < 1.29 is 18.0 Å². The van der Waals surface area contributed by atoms with Crippen molar-refractivity contribution in [3.8, 4) is 0 Å². The van der Waals surface area contributed by atoms with Crippen molar-refractivity contribution in [1.29, 1.82) is 0 Å². The fraction of sp³-hybridized carbons (Fsp3) is 0.368. The lowest BCUT2D eigenvalue weighted by molar-refractivity contribution is -0.137. The van der Waals surface area contributed by atoms with Crippen LogP contribution in [0.2, 0.25) is 0 Å². The highest BCUT2D eigenvalue weighted by Crippen LogP contribution is 2.30. The topological polar surface area (TPSA) is 81.8 Å². The van der Waals surface area contributed by atoms with Crippen LogP contribution in [0, 0.1) is 0 Å². The third-order valence-electron chi connectivity index (χ3n) is 4.24. The molecule has 1 aromatic carbocycles. The van der Waals surface area contributed by atoms with Crippen LogP contribution in [0.4, 0.5) is 18.9 Å². The normalized spacial score (nSPS) is 12.3. The molecule has 3 aromatic rings. The van der Waals surface area contributed by atoms with Crippen molar-refractivity contribution in [1.82, 2.24) is 19.3 Å². The maximum atomic E-state index is 12.8. The lowest BCUT2D eigenvalue weighted by Crippen LogP contribution is -2.26. The molecule has 0 aliphatic rings. The van der Waals surface area contributed by atoms with Crippen LogP contribution < -0.4 is 10.9 Å². The molecule has 0 aliphatic carbocycles. The van der Waals surface area contributed by atoms with Crippen molar-refractivity contribution in [2.45, 2.75) is 45.5 Å². The smallest absolute Gasteiger partial charge is 0.326 e. The number of hydrogen-bond donors (Lipinski definition) is 1. The Morgan fingerprint density at radius 2 is 1.93 bits per heavy atom. The zero-order valence-corrected chi connectivity index (χ0v) is 16.1. The SMILES string of the molecule is CC(C)(C)n1ncc2c(=O)n(CCC(=O)Nc3cccc(C(F)(F)F)c3)cnc21. The number of nitrogens with zero attached hydrogens (tertiary/aromatic N) is 4. The minimum atomic E-state index is -4.49. The molecule has 0 spiro atoms. The molecule has 1 N–H and O–H groups in total. The van der Waals surface area contributed by atoms with Gasteiger partial charge in [-0.3, -0.25) is 14.2 Å². The Morgan fingerprint density at radius 3 is 2.59 bits per heavy atom. The molecule has 2 aromatic heterocycles. The van der Waals surface area contributed by atoms with Gasteiger partial charge in [-0.15, -0.1) is 0 Å². The van der Waals surface area contributed by atoms with Gasteiger partial charge in [0.1, 0.15) is 5.39 Å². The van der Waals surface area contributed by atoms with E-state index in [9.17, 15) is 22.8 Å². The van der Waals surface area contributed by atoms with Gasteiger partial charge in [-0.25, -0.2) is 9.67 Å².